The minimum Gasteiger partial charge on any atom is -0.489 e. The van der Waals surface area contributed by atoms with Crippen LogP contribution in [0.1, 0.15) is 70.6 Å². The van der Waals surface area contributed by atoms with Gasteiger partial charge in [-0.3, -0.25) is 15.2 Å². The van der Waals surface area contributed by atoms with Crippen molar-refractivity contribution in [2.45, 2.75) is 65.5 Å². The second-order valence-corrected chi connectivity index (χ2v) is 11.0. The minimum absolute atomic E-state index is 0.202. The highest BCUT2D eigenvalue weighted by molar-refractivity contribution is 5.88. The molecular weight excluding hydrogens is 512 g/mol. The van der Waals surface area contributed by atoms with Gasteiger partial charge < -0.3 is 9.47 Å². The average molecular weight is 551 g/mol. The first kappa shape index (κ1) is 29.5. The Morgan fingerprint density at radius 2 is 1.95 bits per heavy atom. The van der Waals surface area contributed by atoms with Crippen LogP contribution in [0.2, 0.25) is 0 Å². The molecule has 2 unspecified atom stereocenters. The van der Waals surface area contributed by atoms with E-state index in [0.717, 1.165) is 39.4 Å². The molecule has 0 fully saturated rings. The first-order valence-electron chi connectivity index (χ1n) is 14.0. The molecule has 41 heavy (non-hydrogen) atoms. The van der Waals surface area contributed by atoms with Gasteiger partial charge in [0.15, 0.2) is 6.17 Å². The summed E-state index contributed by atoms with van der Waals surface area (Å²) in [5.41, 5.74) is 7.80. The van der Waals surface area contributed by atoms with Gasteiger partial charge in [-0.15, -0.1) is 5.92 Å². The molecule has 2 aliphatic rings. The van der Waals surface area contributed by atoms with Gasteiger partial charge in [0.25, 0.3) is 0 Å². The molecule has 2 aromatic rings. The van der Waals surface area contributed by atoms with Crippen LogP contribution in [0.5, 0.6) is 5.75 Å². The number of benzene rings is 2. The zero-order valence-electron chi connectivity index (χ0n) is 24.7. The molecule has 1 N–H and O–H groups in total. The molecule has 7 heteroatoms. The van der Waals surface area contributed by atoms with Crippen LogP contribution in [0.3, 0.4) is 0 Å². The quantitative estimate of drug-likeness (QED) is 0.284. The number of esters is 1. The van der Waals surface area contributed by atoms with Crippen molar-refractivity contribution in [1.29, 1.82) is 5.26 Å². The van der Waals surface area contributed by atoms with E-state index in [1.807, 2.05) is 61.5 Å². The van der Waals surface area contributed by atoms with Gasteiger partial charge in [-0.25, -0.2) is 4.99 Å². The lowest BCUT2D eigenvalue weighted by Crippen LogP contribution is -2.40. The van der Waals surface area contributed by atoms with Gasteiger partial charge in [0, 0.05) is 23.3 Å². The van der Waals surface area contributed by atoms with Crippen molar-refractivity contribution in [3.8, 4) is 23.7 Å². The fraction of sp³-hybridized carbons (Fsp3) is 0.382. The number of carbonyl (C=O) groups excluding carboxylic acids is 1. The van der Waals surface area contributed by atoms with Crippen LogP contribution in [0, 0.1) is 29.1 Å². The summed E-state index contributed by atoms with van der Waals surface area (Å²) in [6.07, 6.45) is 4.18. The molecule has 2 heterocycles. The Morgan fingerprint density at radius 3 is 2.61 bits per heavy atom. The molecule has 212 valence electrons. The molecule has 0 aliphatic carbocycles. The van der Waals surface area contributed by atoms with Crippen LogP contribution in [0.4, 0.5) is 0 Å². The second kappa shape index (κ2) is 12.8. The van der Waals surface area contributed by atoms with Crippen LogP contribution < -0.4 is 10.2 Å². The van der Waals surface area contributed by atoms with Crippen molar-refractivity contribution in [2.24, 2.45) is 10.9 Å². The third kappa shape index (κ3) is 6.99. The SMILES string of the molecule is CC#CC(CC(=O)OCC)c1ccc(OCC2=CN3NC(C(C)C)=NC3C(c3cccc(C(C)(C)C#N)c3)=C2)cc1. The number of nitriles is 1. The van der Waals surface area contributed by atoms with Crippen molar-refractivity contribution >= 4 is 17.4 Å². The molecule has 0 saturated heterocycles. The normalized spacial score (nSPS) is 16.7. The Bertz CT molecular complexity index is 1470. The van der Waals surface area contributed by atoms with E-state index < -0.39 is 5.41 Å². The maximum absolute atomic E-state index is 12.0. The van der Waals surface area contributed by atoms with Gasteiger partial charge in [0.05, 0.1) is 30.4 Å². The maximum atomic E-state index is 12.0. The number of rotatable bonds is 10. The maximum Gasteiger partial charge on any atom is 0.307 e. The number of nitrogens with one attached hydrogen (secondary N) is 1. The number of amidine groups is 1. The van der Waals surface area contributed by atoms with Crippen LogP contribution >= 0.6 is 0 Å². The molecule has 0 amide bonds. The second-order valence-electron chi connectivity index (χ2n) is 11.0. The number of fused-ring (bicyclic) bond motifs is 1. The van der Waals surface area contributed by atoms with E-state index in [-0.39, 0.29) is 30.4 Å². The van der Waals surface area contributed by atoms with Gasteiger partial charge >= 0.3 is 5.97 Å². The lowest BCUT2D eigenvalue weighted by Gasteiger charge is -2.29. The fourth-order valence-corrected chi connectivity index (χ4v) is 4.75. The molecule has 0 spiro atoms. The first-order chi connectivity index (χ1) is 19.6. The third-order valence-electron chi connectivity index (χ3n) is 7.12. The highest BCUT2D eigenvalue weighted by atomic mass is 16.5. The number of hydrogen-bond donors (Lipinski definition) is 1. The number of carbonyl (C=O) groups is 1. The number of hydrazine groups is 1. The minimum atomic E-state index is -0.600. The zero-order chi connectivity index (χ0) is 29.6. The molecule has 0 saturated carbocycles. The predicted octanol–water partition coefficient (Wildman–Crippen LogP) is 6.11. The Hall–Kier alpha value is -4.49. The average Bonchev–Trinajstić information content (AvgIpc) is 3.41. The fourth-order valence-electron chi connectivity index (χ4n) is 4.75. The summed E-state index contributed by atoms with van der Waals surface area (Å²) in [7, 11) is 0. The topological polar surface area (TPSA) is 87.0 Å². The highest BCUT2D eigenvalue weighted by Crippen LogP contribution is 2.34. The van der Waals surface area contributed by atoms with Crippen LogP contribution in [-0.4, -0.2) is 36.2 Å². The van der Waals surface area contributed by atoms with E-state index in [2.05, 4.69) is 55.4 Å². The Labute approximate surface area is 243 Å². The summed E-state index contributed by atoms with van der Waals surface area (Å²) in [5, 5.41) is 11.7. The lowest BCUT2D eigenvalue weighted by molar-refractivity contribution is -0.143. The Balaban J connectivity index is 1.55. The van der Waals surface area contributed by atoms with Gasteiger partial charge in [0.2, 0.25) is 0 Å². The van der Waals surface area contributed by atoms with Crippen molar-refractivity contribution in [1.82, 2.24) is 10.4 Å². The summed E-state index contributed by atoms with van der Waals surface area (Å²) >= 11 is 0. The van der Waals surface area contributed by atoms with Crippen LogP contribution in [0.25, 0.3) is 5.57 Å². The van der Waals surface area contributed by atoms with Crippen molar-refractivity contribution in [3.05, 3.63) is 83.1 Å². The predicted molar refractivity (Wildman–Crippen MR) is 162 cm³/mol. The Kier molecular flexibility index (Phi) is 9.20. The molecule has 2 atom stereocenters. The van der Waals surface area contributed by atoms with E-state index in [4.69, 9.17) is 14.5 Å². The van der Waals surface area contributed by atoms with Gasteiger partial charge in [-0.2, -0.15) is 5.26 Å². The number of hydrogen-bond acceptors (Lipinski definition) is 7. The molecule has 4 rings (SSSR count). The monoisotopic (exact) mass is 550 g/mol. The smallest absolute Gasteiger partial charge is 0.307 e. The summed E-state index contributed by atoms with van der Waals surface area (Å²) < 4.78 is 11.3. The standard InChI is InChI=1S/C34H38N4O3/c1-7-10-26(19-31(39)40-8-2)25-13-15-29(16-14-25)41-21-24-17-30(33-36-32(23(3)4)37-38(33)20-24)27-11-9-12-28(18-27)34(5,6)22-35/h9,11-18,20,23,26,33H,8,19,21H2,1-6H3,(H,36,37). The van der Waals surface area contributed by atoms with Gasteiger partial charge in [-0.1, -0.05) is 50.1 Å². The molecule has 0 aromatic heterocycles. The summed E-state index contributed by atoms with van der Waals surface area (Å²) in [5.74, 6) is 7.45. The molecule has 2 aliphatic heterocycles. The number of aliphatic imine (C=N–C) groups is 1. The molecule has 7 nitrogen and oxygen atoms in total. The molecule has 0 bridgehead atoms. The van der Waals surface area contributed by atoms with E-state index in [9.17, 15) is 10.1 Å². The van der Waals surface area contributed by atoms with Crippen molar-refractivity contribution in [2.75, 3.05) is 13.2 Å². The summed E-state index contributed by atoms with van der Waals surface area (Å²) in [6.45, 7) is 12.4. The van der Waals surface area contributed by atoms with Crippen molar-refractivity contribution < 1.29 is 14.3 Å². The third-order valence-corrected chi connectivity index (χ3v) is 7.12. The number of ether oxygens (including phenoxy) is 2. The van der Waals surface area contributed by atoms with E-state index >= 15 is 0 Å². The van der Waals surface area contributed by atoms with Gasteiger partial charge in [-0.05, 0) is 68.7 Å². The van der Waals surface area contributed by atoms with Gasteiger partial charge in [0.1, 0.15) is 18.2 Å². The summed E-state index contributed by atoms with van der Waals surface area (Å²) in [4.78, 5) is 17.0. The van der Waals surface area contributed by atoms with Crippen molar-refractivity contribution in [3.63, 3.8) is 0 Å². The van der Waals surface area contributed by atoms with E-state index in [1.54, 1.807) is 13.8 Å². The van der Waals surface area contributed by atoms with Crippen LogP contribution in [-0.2, 0) is 14.9 Å². The number of nitrogens with zero attached hydrogens (tertiary/aromatic N) is 3. The van der Waals surface area contributed by atoms with E-state index in [0.29, 0.717) is 13.2 Å². The Morgan fingerprint density at radius 1 is 1.20 bits per heavy atom. The molecule has 0 radical (unpaired) electrons. The largest absolute Gasteiger partial charge is 0.489 e. The first-order valence-corrected chi connectivity index (χ1v) is 14.0. The highest BCUT2D eigenvalue weighted by Gasteiger charge is 2.33. The lowest BCUT2D eigenvalue weighted by atomic mass is 9.84. The van der Waals surface area contributed by atoms with E-state index in [1.165, 1.54) is 0 Å². The molecular formula is C34H38N4O3. The molecule has 2 aromatic carbocycles. The van der Waals surface area contributed by atoms with Crippen LogP contribution in [0.15, 0.2) is 71.4 Å². The summed E-state index contributed by atoms with van der Waals surface area (Å²) in [6, 6.07) is 18.3. The zero-order valence-corrected chi connectivity index (χ0v) is 24.7.